The Morgan fingerprint density at radius 3 is 2.58 bits per heavy atom. The second kappa shape index (κ2) is 8.67. The van der Waals surface area contributed by atoms with Gasteiger partial charge in [-0.3, -0.25) is 4.79 Å². The van der Waals surface area contributed by atoms with Crippen LogP contribution in [0.1, 0.15) is 85.0 Å². The van der Waals surface area contributed by atoms with Crippen LogP contribution in [0.2, 0.25) is 0 Å². The highest BCUT2D eigenvalue weighted by atomic mass is 19.1. The topological polar surface area (TPSA) is 86.1 Å². The lowest BCUT2D eigenvalue weighted by Crippen LogP contribution is -2.58. The lowest BCUT2D eigenvalue weighted by atomic mass is 9.43. The Morgan fingerprint density at radius 2 is 1.87 bits per heavy atom. The molecule has 4 saturated carbocycles. The second-order valence-corrected chi connectivity index (χ2v) is 11.8. The Hall–Kier alpha value is -1.13. The summed E-state index contributed by atoms with van der Waals surface area (Å²) in [6.45, 7) is 6.31. The van der Waals surface area contributed by atoms with E-state index >= 15 is 0 Å². The van der Waals surface area contributed by atoms with Crippen LogP contribution in [0.4, 0.5) is 4.39 Å². The molecule has 0 aromatic rings. The third-order valence-electron chi connectivity index (χ3n) is 10.7. The smallest absolute Gasteiger partial charge is 0.163 e. The summed E-state index contributed by atoms with van der Waals surface area (Å²) in [5, 5.41) is 15.4. The molecule has 10 atom stereocenters. The number of aliphatic hydroxyl groups is 1. The average Bonchev–Trinajstić information content (AvgIpc) is 3.10. The van der Waals surface area contributed by atoms with Crippen molar-refractivity contribution in [2.24, 2.45) is 51.5 Å². The summed E-state index contributed by atoms with van der Waals surface area (Å²) >= 11 is 0. The van der Waals surface area contributed by atoms with Crippen molar-refractivity contribution >= 4 is 5.78 Å². The molecule has 31 heavy (non-hydrogen) atoms. The minimum Gasteiger partial charge on any atom is -0.393 e. The van der Waals surface area contributed by atoms with Crippen molar-refractivity contribution in [1.29, 1.82) is 0 Å². The van der Waals surface area contributed by atoms with Crippen LogP contribution in [-0.4, -0.2) is 29.7 Å². The first kappa shape index (κ1) is 23.0. The molecule has 4 fully saturated rings. The zero-order valence-electron chi connectivity index (χ0n) is 19.5. The van der Waals surface area contributed by atoms with E-state index < -0.39 is 6.67 Å². The molecule has 0 amide bonds. The van der Waals surface area contributed by atoms with Gasteiger partial charge in [-0.1, -0.05) is 25.9 Å². The predicted octanol–water partition coefficient (Wildman–Crippen LogP) is 6.25. The van der Waals surface area contributed by atoms with Gasteiger partial charge in [0.25, 0.3) is 0 Å². The highest BCUT2D eigenvalue weighted by Gasteiger charge is 2.62. The number of halogens is 1. The van der Waals surface area contributed by atoms with Gasteiger partial charge in [-0.2, -0.15) is 0 Å². The fraction of sp³-hybridized carbons (Fsp3) is 0.960. The third-order valence-corrected chi connectivity index (χ3v) is 10.7. The summed E-state index contributed by atoms with van der Waals surface area (Å²) in [5.41, 5.74) is 9.33. The van der Waals surface area contributed by atoms with Crippen molar-refractivity contribution < 1.29 is 14.3 Å². The highest BCUT2D eigenvalue weighted by Crippen LogP contribution is 2.68. The molecule has 0 aromatic heterocycles. The fourth-order valence-electron chi connectivity index (χ4n) is 9.01. The van der Waals surface area contributed by atoms with Crippen LogP contribution in [0.15, 0.2) is 5.11 Å². The normalized spacial score (nSPS) is 47.5. The molecular formula is C25H40FN3O2. The number of fused-ring (bicyclic) bond motifs is 5. The number of carbonyl (C=O) groups is 1. The lowest BCUT2D eigenvalue weighted by molar-refractivity contribution is -0.166. The van der Waals surface area contributed by atoms with Crippen LogP contribution < -0.4 is 0 Å². The molecule has 0 aliphatic heterocycles. The van der Waals surface area contributed by atoms with Gasteiger partial charge in [0, 0.05) is 17.4 Å². The molecule has 4 aliphatic rings. The minimum absolute atomic E-state index is 0.0874. The number of rotatable bonds is 6. The molecule has 4 rings (SSSR count). The molecule has 1 unspecified atom stereocenters. The molecule has 0 radical (unpaired) electrons. The summed E-state index contributed by atoms with van der Waals surface area (Å²) < 4.78 is 12.6. The molecule has 5 nitrogen and oxygen atoms in total. The van der Waals surface area contributed by atoms with Crippen molar-refractivity contribution in [2.45, 2.75) is 97.1 Å². The Labute approximate surface area is 186 Å². The first-order valence-corrected chi connectivity index (χ1v) is 12.5. The van der Waals surface area contributed by atoms with Crippen LogP contribution in [0.5, 0.6) is 0 Å². The van der Waals surface area contributed by atoms with Crippen molar-refractivity contribution in [1.82, 2.24) is 0 Å². The predicted molar refractivity (Wildman–Crippen MR) is 119 cm³/mol. The van der Waals surface area contributed by atoms with E-state index in [1.807, 2.05) is 0 Å². The maximum atomic E-state index is 12.6. The molecule has 0 saturated heterocycles. The standard InChI is InChI=1S/C25H40FN3O2/c1-15(4-5-18(30)14-26)19-6-7-20-23-21(9-11-25(19,20)3)24(2)10-8-17(28-29-27)12-16(24)13-22(23)31/h15-17,19-23,31H,4-14H2,1-3H3/t15-,16+,17?,19-,20+,21+,22-,23+,24+,25-/m1/s1. The van der Waals surface area contributed by atoms with E-state index in [9.17, 15) is 14.3 Å². The van der Waals surface area contributed by atoms with Gasteiger partial charge in [-0.15, -0.1) is 0 Å². The number of hydrogen-bond acceptors (Lipinski definition) is 3. The van der Waals surface area contributed by atoms with Crippen LogP contribution in [-0.2, 0) is 4.79 Å². The van der Waals surface area contributed by atoms with Crippen LogP contribution in [0.3, 0.4) is 0 Å². The van der Waals surface area contributed by atoms with E-state index in [4.69, 9.17) is 5.53 Å². The SMILES string of the molecule is C[C@H](CCC(=O)CF)[C@H]1CC[C@H]2[C@@H]3[C@H](O)C[C@@H]4CC(N=[N+]=[N-])CC[C@]4(C)[C@H]3CC[C@]12C. The number of azide groups is 1. The first-order valence-electron chi connectivity index (χ1n) is 12.5. The molecule has 174 valence electrons. The molecule has 0 bridgehead atoms. The van der Waals surface area contributed by atoms with Gasteiger partial charge in [0.05, 0.1) is 6.10 Å². The maximum absolute atomic E-state index is 12.6. The molecular weight excluding hydrogens is 393 g/mol. The third kappa shape index (κ3) is 3.82. The summed E-state index contributed by atoms with van der Waals surface area (Å²) in [4.78, 5) is 14.6. The van der Waals surface area contributed by atoms with Crippen LogP contribution in [0, 0.1) is 46.3 Å². The molecule has 0 heterocycles. The van der Waals surface area contributed by atoms with E-state index in [-0.39, 0.29) is 28.8 Å². The quantitative estimate of drug-likeness (QED) is 0.305. The van der Waals surface area contributed by atoms with E-state index in [0.29, 0.717) is 41.9 Å². The van der Waals surface area contributed by atoms with Crippen molar-refractivity contribution in [3.05, 3.63) is 10.4 Å². The molecule has 0 aromatic carbocycles. The lowest BCUT2D eigenvalue weighted by Gasteiger charge is -2.62. The Bertz CT molecular complexity index is 740. The maximum Gasteiger partial charge on any atom is 0.163 e. The van der Waals surface area contributed by atoms with E-state index in [2.05, 4.69) is 30.8 Å². The van der Waals surface area contributed by atoms with E-state index in [1.165, 1.54) is 25.7 Å². The highest BCUT2D eigenvalue weighted by molar-refractivity contribution is 5.79. The van der Waals surface area contributed by atoms with Gasteiger partial charge in [0.1, 0.15) is 6.67 Å². The number of hydrogen-bond donors (Lipinski definition) is 1. The second-order valence-electron chi connectivity index (χ2n) is 11.8. The molecule has 1 N–H and O–H groups in total. The number of carbonyl (C=O) groups excluding carboxylic acids is 1. The Kier molecular flexibility index (Phi) is 6.44. The van der Waals surface area contributed by atoms with Crippen LogP contribution >= 0.6 is 0 Å². The van der Waals surface area contributed by atoms with Crippen molar-refractivity contribution in [3.8, 4) is 0 Å². The van der Waals surface area contributed by atoms with Gasteiger partial charge in [0.2, 0.25) is 0 Å². The minimum atomic E-state index is -0.840. The number of alkyl halides is 1. The number of Topliss-reactive ketones (excluding diaryl/α,β-unsaturated/α-hetero) is 1. The van der Waals surface area contributed by atoms with Crippen molar-refractivity contribution in [2.75, 3.05) is 6.67 Å². The van der Waals surface area contributed by atoms with Gasteiger partial charge < -0.3 is 5.11 Å². The fourth-order valence-corrected chi connectivity index (χ4v) is 9.01. The molecule has 4 aliphatic carbocycles. The van der Waals surface area contributed by atoms with Gasteiger partial charge in [0.15, 0.2) is 5.78 Å². The molecule has 6 heteroatoms. The average molecular weight is 434 g/mol. The Morgan fingerprint density at radius 1 is 1.16 bits per heavy atom. The zero-order chi connectivity index (χ0) is 22.4. The van der Waals surface area contributed by atoms with Gasteiger partial charge >= 0.3 is 0 Å². The van der Waals surface area contributed by atoms with E-state index in [0.717, 1.165) is 32.1 Å². The Balaban J connectivity index is 1.52. The van der Waals surface area contributed by atoms with Gasteiger partial charge in [-0.05, 0) is 110 Å². The zero-order valence-corrected chi connectivity index (χ0v) is 19.5. The summed E-state index contributed by atoms with van der Waals surface area (Å²) in [5.74, 6) is 2.61. The number of ketones is 1. The number of aliphatic hydroxyl groups excluding tert-OH is 1. The summed E-state index contributed by atoms with van der Waals surface area (Å²) in [6, 6.07) is 0.0874. The summed E-state index contributed by atoms with van der Waals surface area (Å²) in [7, 11) is 0. The van der Waals surface area contributed by atoms with Gasteiger partial charge in [-0.25, -0.2) is 4.39 Å². The monoisotopic (exact) mass is 433 g/mol. The first-order chi connectivity index (χ1) is 14.7. The largest absolute Gasteiger partial charge is 0.393 e. The van der Waals surface area contributed by atoms with E-state index in [1.54, 1.807) is 0 Å². The summed E-state index contributed by atoms with van der Waals surface area (Å²) in [6.07, 6.45) is 9.41. The number of nitrogens with zero attached hydrogens (tertiary/aromatic N) is 3. The molecule has 0 spiro atoms. The van der Waals surface area contributed by atoms with Crippen molar-refractivity contribution in [3.63, 3.8) is 0 Å². The van der Waals surface area contributed by atoms with Crippen LogP contribution in [0.25, 0.3) is 10.4 Å².